The van der Waals surface area contributed by atoms with E-state index in [1.165, 1.54) is 19.2 Å². The molecule has 0 saturated heterocycles. The van der Waals surface area contributed by atoms with Crippen LogP contribution in [0.1, 0.15) is 65.4 Å². The molecule has 1 aromatic carbocycles. The minimum absolute atomic E-state index is 0.0864. The third kappa shape index (κ3) is 16.7. The predicted octanol–water partition coefficient (Wildman–Crippen LogP) is 2.97. The molecule has 1 aromatic rings. The van der Waals surface area contributed by atoms with E-state index >= 15 is 0 Å². The van der Waals surface area contributed by atoms with Crippen LogP contribution in [0, 0.1) is 0 Å². The fourth-order valence-electron chi connectivity index (χ4n) is 3.62. The Labute approximate surface area is 247 Å². The molecule has 0 heterocycles. The van der Waals surface area contributed by atoms with Gasteiger partial charge in [-0.15, -0.1) is 0 Å². The van der Waals surface area contributed by atoms with E-state index < -0.39 is 47.5 Å². The number of rotatable bonds is 18. The van der Waals surface area contributed by atoms with Crippen LogP contribution in [0.5, 0.6) is 5.75 Å². The molecule has 0 aliphatic heterocycles. The highest BCUT2D eigenvalue weighted by Crippen LogP contribution is 2.14. The molecule has 1 rings (SSSR count). The van der Waals surface area contributed by atoms with Gasteiger partial charge in [0.1, 0.15) is 30.0 Å². The number of carboxylic acid groups (broad SMARTS) is 1. The van der Waals surface area contributed by atoms with E-state index in [4.69, 9.17) is 14.6 Å². The van der Waals surface area contributed by atoms with Crippen LogP contribution in [0.2, 0.25) is 0 Å². The van der Waals surface area contributed by atoms with E-state index in [1.807, 2.05) is 0 Å². The first-order valence-electron chi connectivity index (χ1n) is 13.8. The average molecular weight is 589 g/mol. The zero-order chi connectivity index (χ0) is 31.5. The Morgan fingerprint density at radius 1 is 1.00 bits per heavy atom. The number of carbonyl (C=O) groups excluding carboxylic acids is 4. The molecule has 42 heavy (non-hydrogen) atoms. The van der Waals surface area contributed by atoms with E-state index in [2.05, 4.69) is 27.8 Å². The third-order valence-electron chi connectivity index (χ3n) is 5.51. The van der Waals surface area contributed by atoms with Crippen LogP contribution in [0.4, 0.5) is 4.79 Å². The topological polar surface area (TPSA) is 172 Å². The number of aliphatic carboxylic acids is 1. The van der Waals surface area contributed by atoms with Crippen molar-refractivity contribution in [1.29, 1.82) is 0 Å². The highest BCUT2D eigenvalue weighted by Gasteiger charge is 2.26. The van der Waals surface area contributed by atoms with Gasteiger partial charge in [0, 0.05) is 26.3 Å². The number of amides is 4. The fraction of sp³-hybridized carbons (Fsp3) is 0.500. The number of carbonyl (C=O) groups is 5. The third-order valence-corrected chi connectivity index (χ3v) is 5.51. The lowest BCUT2D eigenvalue weighted by atomic mass is 10.0. The minimum atomic E-state index is -0.959. The highest BCUT2D eigenvalue weighted by atomic mass is 16.6. The van der Waals surface area contributed by atoms with Crippen molar-refractivity contribution >= 4 is 29.8 Å². The maximum atomic E-state index is 13.3. The maximum absolute atomic E-state index is 13.3. The SMILES string of the molecule is C=CCOc1ccc(C[C@H](NC(C)=O)C(=O)N[C@@H](CCCCNC(=O)OC(C)(C)C)C(=O)NC=CCCC(=O)O)cc1. The zero-order valence-electron chi connectivity index (χ0n) is 24.9. The van der Waals surface area contributed by atoms with Gasteiger partial charge in [0.25, 0.3) is 0 Å². The van der Waals surface area contributed by atoms with E-state index in [-0.39, 0.29) is 25.7 Å². The number of alkyl carbamates (subject to hydrolysis) is 1. The van der Waals surface area contributed by atoms with E-state index in [9.17, 15) is 24.0 Å². The molecule has 0 fully saturated rings. The largest absolute Gasteiger partial charge is 0.490 e. The summed E-state index contributed by atoms with van der Waals surface area (Å²) in [5.74, 6) is -1.77. The summed E-state index contributed by atoms with van der Waals surface area (Å²) in [6.45, 7) is 10.9. The van der Waals surface area contributed by atoms with E-state index in [0.717, 1.165) is 5.56 Å². The monoisotopic (exact) mass is 588 g/mol. The minimum Gasteiger partial charge on any atom is -0.490 e. The normalized spacial score (nSPS) is 12.5. The van der Waals surface area contributed by atoms with Gasteiger partial charge in [-0.1, -0.05) is 30.9 Å². The number of allylic oxidation sites excluding steroid dienone is 1. The average Bonchev–Trinajstić information content (AvgIpc) is 2.89. The smallest absolute Gasteiger partial charge is 0.407 e. The predicted molar refractivity (Wildman–Crippen MR) is 158 cm³/mol. The van der Waals surface area contributed by atoms with Crippen molar-refractivity contribution in [3.05, 3.63) is 54.8 Å². The molecule has 0 aliphatic carbocycles. The van der Waals surface area contributed by atoms with Crippen LogP contribution in [-0.2, 0) is 30.3 Å². The second kappa shape index (κ2) is 18.9. The number of hydrogen-bond acceptors (Lipinski definition) is 7. The van der Waals surface area contributed by atoms with Gasteiger partial charge in [-0.2, -0.15) is 0 Å². The number of ether oxygens (including phenoxy) is 2. The summed E-state index contributed by atoms with van der Waals surface area (Å²) in [6.07, 6.45) is 5.50. The fourth-order valence-corrected chi connectivity index (χ4v) is 3.62. The Hall–Kier alpha value is -4.35. The van der Waals surface area contributed by atoms with Gasteiger partial charge in [-0.25, -0.2) is 4.79 Å². The number of benzene rings is 1. The lowest BCUT2D eigenvalue weighted by molar-refractivity contribution is -0.137. The first-order valence-corrected chi connectivity index (χ1v) is 13.8. The van der Waals surface area contributed by atoms with E-state index in [1.54, 1.807) is 51.1 Å². The second-order valence-electron chi connectivity index (χ2n) is 10.5. The molecule has 0 saturated carbocycles. The molecule has 0 aliphatic rings. The Kier molecular flexibility index (Phi) is 16.1. The van der Waals surface area contributed by atoms with Crippen LogP contribution < -0.4 is 26.0 Å². The molecular weight excluding hydrogens is 544 g/mol. The van der Waals surface area contributed by atoms with Crippen molar-refractivity contribution in [1.82, 2.24) is 21.3 Å². The molecule has 4 amide bonds. The van der Waals surface area contributed by atoms with Crippen LogP contribution in [0.15, 0.2) is 49.2 Å². The number of unbranched alkanes of at least 4 members (excludes halogenated alkanes) is 1. The van der Waals surface area contributed by atoms with Crippen molar-refractivity contribution in [3.63, 3.8) is 0 Å². The van der Waals surface area contributed by atoms with Gasteiger partial charge in [0.15, 0.2) is 0 Å². The molecule has 12 heteroatoms. The molecule has 0 unspecified atom stereocenters. The molecule has 0 radical (unpaired) electrons. The molecule has 0 spiro atoms. The van der Waals surface area contributed by atoms with Crippen LogP contribution in [0.25, 0.3) is 0 Å². The summed E-state index contributed by atoms with van der Waals surface area (Å²) in [5.41, 5.74) is 0.145. The standard InChI is InChI=1S/C30H44N4O8/c1-6-19-41-23-15-13-22(14-16-23)20-25(33-21(2)35)28(39)34-24(27(38)31-17-10-8-12-26(36)37)11-7-9-18-32-29(40)42-30(3,4)5/h6,10,13-17,24-25H,1,7-9,11-12,18-20H2,2-5H3,(H,31,38)(H,32,40)(H,33,35)(H,34,39)(H,36,37)/t24-,25-/m0/s1. The molecule has 0 bridgehead atoms. The van der Waals surface area contributed by atoms with Gasteiger partial charge < -0.3 is 35.8 Å². The lowest BCUT2D eigenvalue weighted by Gasteiger charge is -2.23. The number of nitrogens with one attached hydrogen (secondary N) is 4. The molecule has 12 nitrogen and oxygen atoms in total. The Morgan fingerprint density at radius 2 is 1.69 bits per heavy atom. The van der Waals surface area contributed by atoms with Gasteiger partial charge in [0.2, 0.25) is 17.7 Å². The Balaban J connectivity index is 2.88. The lowest BCUT2D eigenvalue weighted by Crippen LogP contribution is -2.53. The van der Waals surface area contributed by atoms with E-state index in [0.29, 0.717) is 31.7 Å². The summed E-state index contributed by atoms with van der Waals surface area (Å²) >= 11 is 0. The zero-order valence-corrected chi connectivity index (χ0v) is 24.9. The maximum Gasteiger partial charge on any atom is 0.407 e. The Bertz CT molecular complexity index is 1080. The molecule has 232 valence electrons. The first kappa shape index (κ1) is 35.7. The molecular formula is C30H44N4O8. The van der Waals surface area contributed by atoms with Crippen LogP contribution in [-0.4, -0.2) is 65.7 Å². The summed E-state index contributed by atoms with van der Waals surface area (Å²) in [5, 5.41) is 19.4. The summed E-state index contributed by atoms with van der Waals surface area (Å²) in [4.78, 5) is 60.6. The van der Waals surface area contributed by atoms with Gasteiger partial charge in [-0.3, -0.25) is 19.2 Å². The molecule has 0 aromatic heterocycles. The summed E-state index contributed by atoms with van der Waals surface area (Å²) in [6, 6.07) is 5.17. The van der Waals surface area contributed by atoms with Gasteiger partial charge in [0.05, 0.1) is 0 Å². The number of carboxylic acids is 1. The van der Waals surface area contributed by atoms with Crippen molar-refractivity contribution in [3.8, 4) is 5.75 Å². The quantitative estimate of drug-likeness (QED) is 0.129. The highest BCUT2D eigenvalue weighted by molar-refractivity contribution is 5.92. The van der Waals surface area contributed by atoms with Crippen LogP contribution >= 0.6 is 0 Å². The van der Waals surface area contributed by atoms with Crippen molar-refractivity contribution < 1.29 is 38.6 Å². The van der Waals surface area contributed by atoms with Crippen LogP contribution in [0.3, 0.4) is 0 Å². The molecule has 2 atom stereocenters. The first-order chi connectivity index (χ1) is 19.8. The van der Waals surface area contributed by atoms with Gasteiger partial charge in [-0.05, 0) is 70.4 Å². The van der Waals surface area contributed by atoms with Gasteiger partial charge >= 0.3 is 12.1 Å². The summed E-state index contributed by atoms with van der Waals surface area (Å²) < 4.78 is 10.7. The Morgan fingerprint density at radius 3 is 2.29 bits per heavy atom. The molecule has 5 N–H and O–H groups in total. The van der Waals surface area contributed by atoms with Crippen molar-refractivity contribution in [2.24, 2.45) is 0 Å². The second-order valence-corrected chi connectivity index (χ2v) is 10.5. The number of hydrogen-bond donors (Lipinski definition) is 5. The van der Waals surface area contributed by atoms with Crippen molar-refractivity contribution in [2.75, 3.05) is 13.2 Å². The van der Waals surface area contributed by atoms with Crippen molar-refractivity contribution in [2.45, 2.75) is 83.9 Å². The summed E-state index contributed by atoms with van der Waals surface area (Å²) in [7, 11) is 0.